The molecule has 1 saturated carbocycles. The van der Waals surface area contributed by atoms with Crippen LogP contribution in [0.4, 0.5) is 18.9 Å². The van der Waals surface area contributed by atoms with Crippen molar-refractivity contribution in [3.05, 3.63) is 29.6 Å². The highest BCUT2D eigenvalue weighted by atomic mass is 35.5. The fourth-order valence-corrected chi connectivity index (χ4v) is 3.56. The lowest BCUT2D eigenvalue weighted by atomic mass is 9.67. The van der Waals surface area contributed by atoms with Gasteiger partial charge in [0.25, 0.3) is 0 Å². The maximum Gasteiger partial charge on any atom is 0.232 e. The second-order valence-electron chi connectivity index (χ2n) is 5.93. The van der Waals surface area contributed by atoms with Gasteiger partial charge in [0.2, 0.25) is 5.91 Å². The van der Waals surface area contributed by atoms with Crippen molar-refractivity contribution in [2.75, 3.05) is 18.4 Å². The third kappa shape index (κ3) is 2.82. The monoisotopic (exact) mass is 334 g/mol. The molecular weight excluding hydrogens is 317 g/mol. The molecule has 3 nitrogen and oxygen atoms in total. The Hall–Kier alpha value is -1.27. The first kappa shape index (κ1) is 17.1. The fourth-order valence-electron chi connectivity index (χ4n) is 3.56. The van der Waals surface area contributed by atoms with Gasteiger partial charge in [-0.05, 0) is 25.3 Å². The van der Waals surface area contributed by atoms with Gasteiger partial charge in [0, 0.05) is 18.7 Å². The molecule has 122 valence electrons. The van der Waals surface area contributed by atoms with Gasteiger partial charge in [-0.3, -0.25) is 4.79 Å². The van der Waals surface area contributed by atoms with E-state index in [1.54, 1.807) is 0 Å². The maximum atomic E-state index is 13.7. The first-order valence-corrected chi connectivity index (χ1v) is 7.20. The van der Waals surface area contributed by atoms with E-state index in [1.165, 1.54) is 0 Å². The molecule has 1 aliphatic carbocycles. The average molecular weight is 335 g/mol. The number of hydrogen-bond donors (Lipinski definition) is 2. The number of rotatable bonds is 2. The summed E-state index contributed by atoms with van der Waals surface area (Å²) in [5.41, 5.74) is -0.861. The molecular formula is C15H18ClF3N2O. The topological polar surface area (TPSA) is 41.1 Å². The molecule has 1 saturated heterocycles. The number of anilines is 1. The van der Waals surface area contributed by atoms with Gasteiger partial charge in [-0.1, -0.05) is 12.8 Å². The number of hydrogen-bond acceptors (Lipinski definition) is 2. The van der Waals surface area contributed by atoms with Gasteiger partial charge < -0.3 is 10.6 Å². The molecule has 3 rings (SSSR count). The first-order valence-electron chi connectivity index (χ1n) is 7.20. The smallest absolute Gasteiger partial charge is 0.232 e. The zero-order valence-electron chi connectivity index (χ0n) is 11.9. The van der Waals surface area contributed by atoms with Crippen LogP contribution >= 0.6 is 12.4 Å². The van der Waals surface area contributed by atoms with Crippen LogP contribution in [0.25, 0.3) is 0 Å². The van der Waals surface area contributed by atoms with E-state index in [1.807, 2.05) is 0 Å². The quantitative estimate of drug-likeness (QED) is 0.815. The molecule has 22 heavy (non-hydrogen) atoms. The maximum absolute atomic E-state index is 13.7. The highest BCUT2D eigenvalue weighted by Crippen LogP contribution is 2.44. The van der Waals surface area contributed by atoms with Gasteiger partial charge in [-0.25, -0.2) is 13.2 Å². The Balaban J connectivity index is 0.00000176. The third-order valence-electron chi connectivity index (χ3n) is 4.75. The van der Waals surface area contributed by atoms with E-state index in [-0.39, 0.29) is 29.9 Å². The van der Waals surface area contributed by atoms with E-state index >= 15 is 0 Å². The number of carbonyl (C=O) groups excluding carboxylic acids is 1. The van der Waals surface area contributed by atoms with Crippen LogP contribution in [-0.2, 0) is 4.79 Å². The number of carbonyl (C=O) groups is 1. The van der Waals surface area contributed by atoms with Crippen LogP contribution in [0, 0.1) is 28.8 Å². The Morgan fingerprint density at radius 2 is 1.91 bits per heavy atom. The van der Waals surface area contributed by atoms with Crippen molar-refractivity contribution in [3.8, 4) is 0 Å². The number of amides is 1. The Morgan fingerprint density at radius 1 is 1.18 bits per heavy atom. The summed E-state index contributed by atoms with van der Waals surface area (Å²) in [7, 11) is 0. The van der Waals surface area contributed by atoms with E-state index in [9.17, 15) is 18.0 Å². The summed E-state index contributed by atoms with van der Waals surface area (Å²) in [5, 5.41) is 5.67. The lowest BCUT2D eigenvalue weighted by Crippen LogP contribution is -2.44. The van der Waals surface area contributed by atoms with Crippen LogP contribution < -0.4 is 10.6 Å². The Kier molecular flexibility index (Phi) is 5.02. The van der Waals surface area contributed by atoms with Gasteiger partial charge in [-0.15, -0.1) is 12.4 Å². The summed E-state index contributed by atoms with van der Waals surface area (Å²) in [6.07, 6.45) is 3.73. The van der Waals surface area contributed by atoms with E-state index in [2.05, 4.69) is 10.6 Å². The summed E-state index contributed by atoms with van der Waals surface area (Å²) in [6, 6.07) is 1.15. The molecule has 1 aromatic rings. The second-order valence-corrected chi connectivity index (χ2v) is 5.93. The van der Waals surface area contributed by atoms with Crippen molar-refractivity contribution in [2.45, 2.75) is 25.7 Å². The van der Waals surface area contributed by atoms with Crippen molar-refractivity contribution >= 4 is 24.0 Å². The molecule has 0 radical (unpaired) electrons. The van der Waals surface area contributed by atoms with Crippen molar-refractivity contribution in [2.24, 2.45) is 11.3 Å². The summed E-state index contributed by atoms with van der Waals surface area (Å²) < 4.78 is 39.8. The fraction of sp³-hybridized carbons (Fsp3) is 0.533. The number of benzene rings is 1. The Labute approximate surface area is 133 Å². The lowest BCUT2D eigenvalue weighted by molar-refractivity contribution is -0.128. The molecule has 0 bridgehead atoms. The van der Waals surface area contributed by atoms with E-state index in [0.29, 0.717) is 18.7 Å². The Bertz CT molecular complexity index is 584. The summed E-state index contributed by atoms with van der Waals surface area (Å²) >= 11 is 0. The van der Waals surface area contributed by atoms with Gasteiger partial charge in [0.15, 0.2) is 11.6 Å². The molecule has 0 spiro atoms. The van der Waals surface area contributed by atoms with Gasteiger partial charge in [0.05, 0.1) is 11.1 Å². The highest BCUT2D eigenvalue weighted by Gasteiger charge is 2.49. The number of nitrogens with one attached hydrogen (secondary N) is 2. The summed E-state index contributed by atoms with van der Waals surface area (Å²) in [6.45, 7) is 1.32. The average Bonchev–Trinajstić information content (AvgIpc) is 2.89. The van der Waals surface area contributed by atoms with Crippen LogP contribution in [0.15, 0.2) is 12.1 Å². The zero-order chi connectivity index (χ0) is 15.0. The van der Waals surface area contributed by atoms with Crippen LogP contribution in [0.5, 0.6) is 0 Å². The van der Waals surface area contributed by atoms with Gasteiger partial charge >= 0.3 is 0 Å². The SMILES string of the molecule is Cl.O=C(Nc1cc(F)c(F)cc1F)[C@@]12CCCC[C@H]1CNC2. The molecule has 1 aliphatic heterocycles. The highest BCUT2D eigenvalue weighted by molar-refractivity contribution is 5.96. The zero-order valence-corrected chi connectivity index (χ0v) is 12.7. The normalized spacial score (nSPS) is 27.0. The van der Waals surface area contributed by atoms with Gasteiger partial charge in [0.1, 0.15) is 5.82 Å². The predicted molar refractivity (Wildman–Crippen MR) is 79.5 cm³/mol. The minimum Gasteiger partial charge on any atom is -0.323 e. The molecule has 0 aromatic heterocycles. The Morgan fingerprint density at radius 3 is 2.68 bits per heavy atom. The molecule has 2 N–H and O–H groups in total. The lowest BCUT2D eigenvalue weighted by Gasteiger charge is -2.37. The van der Waals surface area contributed by atoms with E-state index < -0.39 is 22.9 Å². The molecule has 1 amide bonds. The molecule has 7 heteroatoms. The largest absolute Gasteiger partial charge is 0.323 e. The minimum absolute atomic E-state index is 0. The minimum atomic E-state index is -1.26. The first-order chi connectivity index (χ1) is 10.0. The van der Waals surface area contributed by atoms with E-state index in [0.717, 1.165) is 32.2 Å². The van der Waals surface area contributed by atoms with Crippen molar-refractivity contribution in [1.82, 2.24) is 5.32 Å². The van der Waals surface area contributed by atoms with E-state index in [4.69, 9.17) is 0 Å². The molecule has 1 heterocycles. The number of halogens is 4. The van der Waals surface area contributed by atoms with Crippen LogP contribution in [0.2, 0.25) is 0 Å². The summed E-state index contributed by atoms with van der Waals surface area (Å²) in [4.78, 5) is 12.6. The molecule has 2 fully saturated rings. The molecule has 2 atom stereocenters. The summed E-state index contributed by atoms with van der Waals surface area (Å²) in [5.74, 6) is -3.48. The van der Waals surface area contributed by atoms with Crippen LogP contribution in [0.3, 0.4) is 0 Å². The predicted octanol–water partition coefficient (Wildman–Crippen LogP) is 3.24. The molecule has 0 unspecified atom stereocenters. The number of fused-ring (bicyclic) bond motifs is 1. The molecule has 2 aliphatic rings. The second kappa shape index (κ2) is 6.46. The van der Waals surface area contributed by atoms with Gasteiger partial charge in [-0.2, -0.15) is 0 Å². The van der Waals surface area contributed by atoms with Crippen molar-refractivity contribution < 1.29 is 18.0 Å². The van der Waals surface area contributed by atoms with Crippen LogP contribution in [0.1, 0.15) is 25.7 Å². The van der Waals surface area contributed by atoms with Crippen LogP contribution in [-0.4, -0.2) is 19.0 Å². The molecule has 1 aromatic carbocycles. The van der Waals surface area contributed by atoms with Crippen molar-refractivity contribution in [3.63, 3.8) is 0 Å². The standard InChI is InChI=1S/C15H17F3N2O.ClH/c16-10-5-12(18)13(6-11(10)17)20-14(21)15-4-2-1-3-9(15)7-19-8-15;/h5-6,9,19H,1-4,7-8H2,(H,20,21);1H/t9-,15+;/m0./s1. The van der Waals surface area contributed by atoms with Crippen molar-refractivity contribution in [1.29, 1.82) is 0 Å². The third-order valence-corrected chi connectivity index (χ3v) is 4.75.